The molecule has 0 saturated heterocycles. The molecule has 1 fully saturated rings. The molecule has 0 aliphatic heterocycles. The molecule has 1 aliphatic rings. The predicted molar refractivity (Wildman–Crippen MR) is 74.5 cm³/mol. The van der Waals surface area contributed by atoms with Crippen LogP contribution in [0.1, 0.15) is 37.7 Å². The summed E-state index contributed by atoms with van der Waals surface area (Å²) in [5.74, 6) is 0.439. The van der Waals surface area contributed by atoms with Gasteiger partial charge in [0.15, 0.2) is 0 Å². The highest BCUT2D eigenvalue weighted by atomic mass is 16.1. The smallest absolute Gasteiger partial charge is 0.223 e. The van der Waals surface area contributed by atoms with Crippen LogP contribution >= 0.6 is 0 Å². The van der Waals surface area contributed by atoms with Crippen molar-refractivity contribution >= 4 is 16.8 Å². The summed E-state index contributed by atoms with van der Waals surface area (Å²) in [6, 6.07) is 6.11. The van der Waals surface area contributed by atoms with Crippen molar-refractivity contribution in [3.8, 4) is 0 Å². The predicted octanol–water partition coefficient (Wildman–Crippen LogP) is 2.76. The number of hydrogen-bond acceptors (Lipinski definition) is 2. The molecule has 0 spiro atoms. The fraction of sp³-hybridized carbons (Fsp3) is 0.467. The van der Waals surface area contributed by atoms with Crippen LogP contribution in [0.3, 0.4) is 0 Å². The van der Waals surface area contributed by atoms with Gasteiger partial charge in [-0.1, -0.05) is 31.4 Å². The highest BCUT2D eigenvalue weighted by Crippen LogP contribution is 2.23. The standard InChI is InChI=1S/C15H19N3O/c19-15(12-4-2-1-3-5-12)16-9-11-6-7-13-10-17-18-14(13)8-11/h6-8,10,12H,1-5,9H2,(H,16,19)(H,17,18). The molecular formula is C15H19N3O. The number of nitrogens with zero attached hydrogens (tertiary/aromatic N) is 1. The lowest BCUT2D eigenvalue weighted by Gasteiger charge is -2.20. The Morgan fingerprint density at radius 1 is 1.32 bits per heavy atom. The first-order valence-electron chi connectivity index (χ1n) is 7.02. The van der Waals surface area contributed by atoms with Crippen LogP contribution in [0.5, 0.6) is 0 Å². The van der Waals surface area contributed by atoms with Crippen LogP contribution in [0.2, 0.25) is 0 Å². The highest BCUT2D eigenvalue weighted by Gasteiger charge is 2.20. The van der Waals surface area contributed by atoms with Gasteiger partial charge in [-0.3, -0.25) is 9.89 Å². The Morgan fingerprint density at radius 3 is 3.00 bits per heavy atom. The normalized spacial score (nSPS) is 16.6. The number of amides is 1. The second kappa shape index (κ2) is 5.43. The number of nitrogens with one attached hydrogen (secondary N) is 2. The van der Waals surface area contributed by atoms with E-state index >= 15 is 0 Å². The second-order valence-electron chi connectivity index (χ2n) is 5.34. The molecule has 19 heavy (non-hydrogen) atoms. The van der Waals surface area contributed by atoms with Gasteiger partial charge in [-0.25, -0.2) is 0 Å². The number of carbonyl (C=O) groups is 1. The number of aromatic amines is 1. The summed E-state index contributed by atoms with van der Waals surface area (Å²) in [7, 11) is 0. The van der Waals surface area contributed by atoms with E-state index in [-0.39, 0.29) is 11.8 Å². The third-order valence-electron chi connectivity index (χ3n) is 3.95. The quantitative estimate of drug-likeness (QED) is 0.888. The zero-order valence-corrected chi connectivity index (χ0v) is 11.0. The molecule has 4 nitrogen and oxygen atoms in total. The van der Waals surface area contributed by atoms with Crippen LogP contribution in [0.25, 0.3) is 10.9 Å². The Bertz CT molecular complexity index is 570. The summed E-state index contributed by atoms with van der Waals surface area (Å²) in [5.41, 5.74) is 2.13. The number of fused-ring (bicyclic) bond motifs is 1. The first-order valence-corrected chi connectivity index (χ1v) is 7.02. The lowest BCUT2D eigenvalue weighted by molar-refractivity contribution is -0.126. The second-order valence-corrected chi connectivity index (χ2v) is 5.34. The minimum absolute atomic E-state index is 0.212. The third kappa shape index (κ3) is 2.78. The molecule has 2 N–H and O–H groups in total. The summed E-state index contributed by atoms with van der Waals surface area (Å²) in [6.45, 7) is 0.601. The van der Waals surface area contributed by atoms with Gasteiger partial charge < -0.3 is 5.32 Å². The van der Waals surface area contributed by atoms with Crippen molar-refractivity contribution in [2.75, 3.05) is 0 Å². The van der Waals surface area contributed by atoms with Crippen LogP contribution in [0.4, 0.5) is 0 Å². The maximum absolute atomic E-state index is 12.1. The molecular weight excluding hydrogens is 238 g/mol. The molecule has 1 saturated carbocycles. The van der Waals surface area contributed by atoms with E-state index in [4.69, 9.17) is 0 Å². The maximum atomic E-state index is 12.1. The largest absolute Gasteiger partial charge is 0.352 e. The number of rotatable bonds is 3. The maximum Gasteiger partial charge on any atom is 0.223 e. The van der Waals surface area contributed by atoms with Crippen molar-refractivity contribution in [3.05, 3.63) is 30.0 Å². The first kappa shape index (κ1) is 12.2. The summed E-state index contributed by atoms with van der Waals surface area (Å²) in [6.07, 6.45) is 7.56. The monoisotopic (exact) mass is 257 g/mol. The average Bonchev–Trinajstić information content (AvgIpc) is 2.93. The molecule has 1 aromatic heterocycles. The topological polar surface area (TPSA) is 57.8 Å². The van der Waals surface area contributed by atoms with E-state index < -0.39 is 0 Å². The molecule has 0 bridgehead atoms. The van der Waals surface area contributed by atoms with Crippen molar-refractivity contribution in [2.24, 2.45) is 5.92 Å². The van der Waals surface area contributed by atoms with Crippen LogP contribution in [-0.4, -0.2) is 16.1 Å². The Morgan fingerprint density at radius 2 is 2.16 bits per heavy atom. The van der Waals surface area contributed by atoms with Gasteiger partial charge >= 0.3 is 0 Å². The van der Waals surface area contributed by atoms with Gasteiger partial charge in [0.05, 0.1) is 11.7 Å². The zero-order valence-electron chi connectivity index (χ0n) is 11.0. The fourth-order valence-electron chi connectivity index (χ4n) is 2.79. The molecule has 1 heterocycles. The minimum atomic E-state index is 0.212. The zero-order chi connectivity index (χ0) is 13.1. The van der Waals surface area contributed by atoms with Gasteiger partial charge in [0.1, 0.15) is 0 Å². The Kier molecular flexibility index (Phi) is 3.49. The van der Waals surface area contributed by atoms with Crippen LogP contribution in [-0.2, 0) is 11.3 Å². The molecule has 0 radical (unpaired) electrons. The van der Waals surface area contributed by atoms with E-state index in [1.807, 2.05) is 18.2 Å². The Hall–Kier alpha value is -1.84. The molecule has 3 rings (SSSR count). The molecule has 0 unspecified atom stereocenters. The van der Waals surface area contributed by atoms with Crippen molar-refractivity contribution in [1.82, 2.24) is 15.5 Å². The van der Waals surface area contributed by atoms with Crippen LogP contribution < -0.4 is 5.32 Å². The molecule has 0 atom stereocenters. The lowest BCUT2D eigenvalue weighted by atomic mass is 9.88. The Balaban J connectivity index is 1.60. The van der Waals surface area contributed by atoms with Gasteiger partial charge in [0.2, 0.25) is 5.91 Å². The van der Waals surface area contributed by atoms with Gasteiger partial charge in [-0.15, -0.1) is 0 Å². The Labute approximate surface area is 112 Å². The van der Waals surface area contributed by atoms with Crippen LogP contribution in [0, 0.1) is 5.92 Å². The fourth-order valence-corrected chi connectivity index (χ4v) is 2.79. The number of benzene rings is 1. The lowest BCUT2D eigenvalue weighted by Crippen LogP contribution is -2.31. The van der Waals surface area contributed by atoms with E-state index in [9.17, 15) is 4.79 Å². The number of H-pyrrole nitrogens is 1. The van der Waals surface area contributed by atoms with E-state index in [0.29, 0.717) is 6.54 Å². The van der Waals surface area contributed by atoms with E-state index in [2.05, 4.69) is 15.5 Å². The van der Waals surface area contributed by atoms with E-state index in [0.717, 1.165) is 29.3 Å². The SMILES string of the molecule is O=C(NCc1ccc2cn[nH]c2c1)C1CCCCC1. The number of carbonyl (C=O) groups excluding carboxylic acids is 1. The summed E-state index contributed by atoms with van der Waals surface area (Å²) >= 11 is 0. The number of aromatic nitrogens is 2. The summed E-state index contributed by atoms with van der Waals surface area (Å²) < 4.78 is 0. The first-order chi connectivity index (χ1) is 9.33. The van der Waals surface area contributed by atoms with Gasteiger partial charge in [-0.2, -0.15) is 5.10 Å². The summed E-state index contributed by atoms with van der Waals surface area (Å²) in [4.78, 5) is 12.1. The van der Waals surface area contributed by atoms with Crippen molar-refractivity contribution in [1.29, 1.82) is 0 Å². The van der Waals surface area contributed by atoms with E-state index in [1.165, 1.54) is 19.3 Å². The molecule has 100 valence electrons. The molecule has 1 aliphatic carbocycles. The molecule has 1 aromatic carbocycles. The van der Waals surface area contributed by atoms with Gasteiger partial charge in [0, 0.05) is 17.8 Å². The van der Waals surface area contributed by atoms with Gasteiger partial charge in [0.25, 0.3) is 0 Å². The molecule has 1 amide bonds. The van der Waals surface area contributed by atoms with Crippen LogP contribution in [0.15, 0.2) is 24.4 Å². The third-order valence-corrected chi connectivity index (χ3v) is 3.95. The van der Waals surface area contributed by atoms with Crippen molar-refractivity contribution < 1.29 is 4.79 Å². The van der Waals surface area contributed by atoms with Gasteiger partial charge in [-0.05, 0) is 24.5 Å². The molecule has 2 aromatic rings. The number of hydrogen-bond donors (Lipinski definition) is 2. The highest BCUT2D eigenvalue weighted by molar-refractivity contribution is 5.80. The van der Waals surface area contributed by atoms with Crippen molar-refractivity contribution in [3.63, 3.8) is 0 Å². The van der Waals surface area contributed by atoms with E-state index in [1.54, 1.807) is 6.20 Å². The van der Waals surface area contributed by atoms with Crippen molar-refractivity contribution in [2.45, 2.75) is 38.6 Å². The summed E-state index contributed by atoms with van der Waals surface area (Å²) in [5, 5.41) is 11.1. The minimum Gasteiger partial charge on any atom is -0.352 e. The molecule has 4 heteroatoms. The average molecular weight is 257 g/mol.